The molecule has 0 bridgehead atoms. The smallest absolute Gasteiger partial charge is 0.00674 e. The summed E-state index contributed by atoms with van der Waals surface area (Å²) in [5.74, 6) is 0.941. The Hall–Kier alpha value is -0.0800. The molecule has 1 saturated carbocycles. The van der Waals surface area contributed by atoms with E-state index in [1.165, 1.54) is 32.1 Å². The minimum Gasteiger partial charge on any atom is -0.313 e. The average Bonchev–Trinajstić information content (AvgIpc) is 2.38. The van der Waals surface area contributed by atoms with E-state index in [0.29, 0.717) is 5.41 Å². The van der Waals surface area contributed by atoms with Crippen LogP contribution in [0.15, 0.2) is 0 Å². The minimum atomic E-state index is 0.376. The van der Waals surface area contributed by atoms with E-state index < -0.39 is 0 Å². The van der Waals surface area contributed by atoms with Gasteiger partial charge in [0.05, 0.1) is 0 Å². The third kappa shape index (κ3) is 6.42. The molecule has 2 atom stereocenters. The summed E-state index contributed by atoms with van der Waals surface area (Å²) in [5.41, 5.74) is 0.376. The number of hydrogen-bond donors (Lipinski definition) is 1. The van der Waals surface area contributed by atoms with E-state index in [9.17, 15) is 0 Å². The van der Waals surface area contributed by atoms with E-state index in [1.54, 1.807) is 0 Å². The summed E-state index contributed by atoms with van der Waals surface area (Å²) in [5, 5.41) is 3.80. The molecule has 2 nitrogen and oxygen atoms in total. The fourth-order valence-electron chi connectivity index (χ4n) is 3.02. The average molecular weight is 240 g/mol. The molecule has 1 N–H and O–H groups in total. The molecule has 2 heteroatoms. The van der Waals surface area contributed by atoms with Crippen LogP contribution in [0.4, 0.5) is 0 Å². The highest BCUT2D eigenvalue weighted by Crippen LogP contribution is 2.23. The van der Waals surface area contributed by atoms with Crippen molar-refractivity contribution < 1.29 is 0 Å². The van der Waals surface area contributed by atoms with Crippen molar-refractivity contribution in [1.29, 1.82) is 0 Å². The molecule has 102 valence electrons. The lowest BCUT2D eigenvalue weighted by Crippen LogP contribution is -2.41. The molecule has 1 rings (SSSR count). The number of nitrogens with one attached hydrogen (secondary N) is 1. The van der Waals surface area contributed by atoms with Crippen LogP contribution in [0.25, 0.3) is 0 Å². The highest BCUT2D eigenvalue weighted by atomic mass is 15.1. The van der Waals surface area contributed by atoms with Gasteiger partial charge in [0.1, 0.15) is 0 Å². The van der Waals surface area contributed by atoms with Gasteiger partial charge in [-0.05, 0) is 44.7 Å². The maximum atomic E-state index is 3.80. The van der Waals surface area contributed by atoms with Crippen molar-refractivity contribution in [3.63, 3.8) is 0 Å². The Morgan fingerprint density at radius 1 is 1.12 bits per heavy atom. The monoisotopic (exact) mass is 240 g/mol. The van der Waals surface area contributed by atoms with Gasteiger partial charge in [0.2, 0.25) is 0 Å². The Labute approximate surface area is 108 Å². The van der Waals surface area contributed by atoms with Gasteiger partial charge in [-0.25, -0.2) is 0 Å². The van der Waals surface area contributed by atoms with Crippen molar-refractivity contribution in [3.05, 3.63) is 0 Å². The largest absolute Gasteiger partial charge is 0.313 e. The van der Waals surface area contributed by atoms with Crippen LogP contribution in [-0.4, -0.2) is 38.1 Å². The van der Waals surface area contributed by atoms with E-state index in [-0.39, 0.29) is 0 Å². The Bertz CT molecular complexity index is 211. The maximum Gasteiger partial charge on any atom is 0.00674 e. The van der Waals surface area contributed by atoms with Crippen LogP contribution in [0.3, 0.4) is 0 Å². The third-order valence-corrected chi connectivity index (χ3v) is 3.87. The summed E-state index contributed by atoms with van der Waals surface area (Å²) >= 11 is 0. The Morgan fingerprint density at radius 3 is 2.47 bits per heavy atom. The highest BCUT2D eigenvalue weighted by Gasteiger charge is 2.22. The first-order valence-corrected chi connectivity index (χ1v) is 7.27. The summed E-state index contributed by atoms with van der Waals surface area (Å²) in [6, 6.07) is 0.765. The van der Waals surface area contributed by atoms with Crippen LogP contribution in [0.2, 0.25) is 0 Å². The lowest BCUT2D eigenvalue weighted by atomic mass is 9.92. The standard InChI is InChI=1S/C15H32N2/c1-13-7-6-8-14(10-9-13)16-11-15(2,3)12-17(4)5/h13-14,16H,6-12H2,1-5H3. The molecule has 0 spiro atoms. The topological polar surface area (TPSA) is 15.3 Å². The predicted octanol–water partition coefficient (Wildman–Crippen LogP) is 3.13. The van der Waals surface area contributed by atoms with Gasteiger partial charge in [0.25, 0.3) is 0 Å². The maximum absolute atomic E-state index is 3.80. The van der Waals surface area contributed by atoms with Crippen molar-refractivity contribution in [2.75, 3.05) is 27.2 Å². The normalized spacial score (nSPS) is 27.2. The zero-order valence-electron chi connectivity index (χ0n) is 12.6. The lowest BCUT2D eigenvalue weighted by Gasteiger charge is -2.30. The fraction of sp³-hybridized carbons (Fsp3) is 1.00. The first kappa shape index (κ1) is 15.0. The first-order chi connectivity index (χ1) is 7.89. The van der Waals surface area contributed by atoms with E-state index in [2.05, 4.69) is 45.1 Å². The third-order valence-electron chi connectivity index (χ3n) is 3.87. The number of rotatable bonds is 5. The first-order valence-electron chi connectivity index (χ1n) is 7.27. The van der Waals surface area contributed by atoms with Gasteiger partial charge in [-0.2, -0.15) is 0 Å². The van der Waals surface area contributed by atoms with Gasteiger partial charge in [-0.1, -0.05) is 33.6 Å². The van der Waals surface area contributed by atoms with Crippen LogP contribution in [0, 0.1) is 11.3 Å². The van der Waals surface area contributed by atoms with Crippen molar-refractivity contribution in [2.24, 2.45) is 11.3 Å². The molecule has 0 heterocycles. The molecule has 0 saturated heterocycles. The Morgan fingerprint density at radius 2 is 1.82 bits per heavy atom. The minimum absolute atomic E-state index is 0.376. The summed E-state index contributed by atoms with van der Waals surface area (Å²) in [7, 11) is 4.32. The zero-order valence-corrected chi connectivity index (χ0v) is 12.6. The van der Waals surface area contributed by atoms with Crippen LogP contribution in [-0.2, 0) is 0 Å². The SMILES string of the molecule is CC1CCCC(NCC(C)(C)CN(C)C)CC1. The molecule has 0 aliphatic heterocycles. The van der Waals surface area contributed by atoms with E-state index in [1.807, 2.05) is 0 Å². The van der Waals surface area contributed by atoms with Gasteiger partial charge in [-0.15, -0.1) is 0 Å². The van der Waals surface area contributed by atoms with Gasteiger partial charge >= 0.3 is 0 Å². The highest BCUT2D eigenvalue weighted by molar-refractivity contribution is 4.79. The van der Waals surface area contributed by atoms with E-state index in [0.717, 1.165) is 25.0 Å². The quantitative estimate of drug-likeness (QED) is 0.743. The molecule has 0 aromatic carbocycles. The van der Waals surface area contributed by atoms with Gasteiger partial charge in [0, 0.05) is 19.1 Å². The van der Waals surface area contributed by atoms with Crippen molar-refractivity contribution in [1.82, 2.24) is 10.2 Å². The zero-order chi connectivity index (χ0) is 12.9. The van der Waals surface area contributed by atoms with Crippen LogP contribution < -0.4 is 5.32 Å². The van der Waals surface area contributed by atoms with Crippen LogP contribution in [0.1, 0.15) is 52.9 Å². The summed E-state index contributed by atoms with van der Waals surface area (Å²) < 4.78 is 0. The molecule has 0 aromatic heterocycles. The van der Waals surface area contributed by atoms with Crippen molar-refractivity contribution in [3.8, 4) is 0 Å². The number of nitrogens with zero attached hydrogens (tertiary/aromatic N) is 1. The van der Waals surface area contributed by atoms with E-state index in [4.69, 9.17) is 0 Å². The summed E-state index contributed by atoms with van der Waals surface area (Å²) in [4.78, 5) is 2.29. The second-order valence-corrected chi connectivity index (χ2v) is 7.09. The van der Waals surface area contributed by atoms with Crippen molar-refractivity contribution in [2.45, 2.75) is 58.9 Å². The number of hydrogen-bond acceptors (Lipinski definition) is 2. The predicted molar refractivity (Wildman–Crippen MR) is 76.4 cm³/mol. The lowest BCUT2D eigenvalue weighted by molar-refractivity contribution is 0.222. The summed E-state index contributed by atoms with van der Waals surface area (Å²) in [6.45, 7) is 9.42. The molecule has 0 aromatic rings. The van der Waals surface area contributed by atoms with Crippen LogP contribution in [0.5, 0.6) is 0 Å². The van der Waals surface area contributed by atoms with E-state index >= 15 is 0 Å². The molecule has 0 radical (unpaired) electrons. The molecular weight excluding hydrogens is 208 g/mol. The van der Waals surface area contributed by atoms with Crippen LogP contribution >= 0.6 is 0 Å². The molecule has 0 amide bonds. The second-order valence-electron chi connectivity index (χ2n) is 7.09. The Kier molecular flexibility index (Phi) is 5.94. The molecule has 2 unspecified atom stereocenters. The molecule has 1 aliphatic rings. The summed E-state index contributed by atoms with van der Waals surface area (Å²) in [6.07, 6.45) is 7.00. The molecular formula is C15H32N2. The van der Waals surface area contributed by atoms with Gasteiger partial charge < -0.3 is 10.2 Å². The molecule has 1 aliphatic carbocycles. The molecule has 17 heavy (non-hydrogen) atoms. The fourth-order valence-corrected chi connectivity index (χ4v) is 3.02. The van der Waals surface area contributed by atoms with Gasteiger partial charge in [-0.3, -0.25) is 0 Å². The van der Waals surface area contributed by atoms with Crippen molar-refractivity contribution >= 4 is 0 Å². The Balaban J connectivity index is 2.29. The second kappa shape index (κ2) is 6.75. The molecule has 1 fully saturated rings. The van der Waals surface area contributed by atoms with Gasteiger partial charge in [0.15, 0.2) is 0 Å².